The predicted molar refractivity (Wildman–Crippen MR) is 75.9 cm³/mol. The Balaban J connectivity index is 2.40. The highest BCUT2D eigenvalue weighted by Crippen LogP contribution is 2.13. The smallest absolute Gasteiger partial charge is 0.196 e. The van der Waals surface area contributed by atoms with Crippen molar-refractivity contribution in [3.8, 4) is 0 Å². The normalized spacial score (nSPS) is 11.1. The second kappa shape index (κ2) is 5.91. The van der Waals surface area contributed by atoms with Gasteiger partial charge in [0.25, 0.3) is 0 Å². The summed E-state index contributed by atoms with van der Waals surface area (Å²) in [6.07, 6.45) is 1.64. The van der Waals surface area contributed by atoms with E-state index in [2.05, 4.69) is 0 Å². The molecule has 0 unspecified atom stereocenters. The molecule has 0 bridgehead atoms. The van der Waals surface area contributed by atoms with Gasteiger partial charge in [0.15, 0.2) is 11.6 Å². The first-order chi connectivity index (χ1) is 9.18. The molecule has 0 radical (unpaired) electrons. The summed E-state index contributed by atoms with van der Waals surface area (Å²) < 4.78 is 0. The third-order valence-corrected chi connectivity index (χ3v) is 2.77. The zero-order valence-corrected chi connectivity index (χ0v) is 10.7. The van der Waals surface area contributed by atoms with Crippen LogP contribution >= 0.6 is 0 Å². The SMILES string of the molecule is CC(=O)C(=Cc1ccccc1)C(=O)c1ccccc1. The molecule has 0 aliphatic heterocycles. The van der Waals surface area contributed by atoms with Gasteiger partial charge in [-0.3, -0.25) is 9.59 Å². The fraction of sp³-hybridized carbons (Fsp3) is 0.0588. The first kappa shape index (κ1) is 13.0. The van der Waals surface area contributed by atoms with Gasteiger partial charge in [-0.2, -0.15) is 0 Å². The fourth-order valence-electron chi connectivity index (χ4n) is 1.79. The monoisotopic (exact) mass is 250 g/mol. The van der Waals surface area contributed by atoms with Crippen LogP contribution in [0.1, 0.15) is 22.8 Å². The number of hydrogen-bond acceptors (Lipinski definition) is 2. The van der Waals surface area contributed by atoms with Crippen LogP contribution in [0.2, 0.25) is 0 Å². The van der Waals surface area contributed by atoms with E-state index < -0.39 is 0 Å². The second-order valence-corrected chi connectivity index (χ2v) is 4.22. The highest BCUT2D eigenvalue weighted by Gasteiger charge is 2.15. The summed E-state index contributed by atoms with van der Waals surface area (Å²) in [5.74, 6) is -0.463. The van der Waals surface area contributed by atoms with Crippen LogP contribution in [0, 0.1) is 0 Å². The number of Topliss-reactive ketones (excluding diaryl/α,β-unsaturated/α-hetero) is 2. The maximum absolute atomic E-state index is 12.3. The van der Waals surface area contributed by atoms with E-state index in [-0.39, 0.29) is 17.1 Å². The average molecular weight is 250 g/mol. The van der Waals surface area contributed by atoms with Gasteiger partial charge in [-0.25, -0.2) is 0 Å². The van der Waals surface area contributed by atoms with Gasteiger partial charge in [0.05, 0.1) is 5.57 Å². The number of allylic oxidation sites excluding steroid dienone is 1. The number of rotatable bonds is 4. The minimum Gasteiger partial charge on any atom is -0.294 e. The van der Waals surface area contributed by atoms with Gasteiger partial charge < -0.3 is 0 Å². The molecule has 0 saturated heterocycles. The standard InChI is InChI=1S/C17H14O2/c1-13(18)16(12-14-8-4-2-5-9-14)17(19)15-10-6-3-7-11-15/h2-12H,1H3. The predicted octanol–water partition coefficient (Wildman–Crippen LogP) is 3.54. The van der Waals surface area contributed by atoms with Gasteiger partial charge >= 0.3 is 0 Å². The van der Waals surface area contributed by atoms with Gasteiger partial charge in [0, 0.05) is 5.56 Å². The Kier molecular flexibility index (Phi) is 4.04. The molecule has 0 aliphatic rings. The maximum atomic E-state index is 12.3. The van der Waals surface area contributed by atoms with Crippen molar-refractivity contribution in [1.29, 1.82) is 0 Å². The number of carbonyl (C=O) groups excluding carboxylic acids is 2. The lowest BCUT2D eigenvalue weighted by Gasteiger charge is -2.03. The Labute approximate surface area is 112 Å². The van der Waals surface area contributed by atoms with Crippen LogP contribution in [0.15, 0.2) is 66.2 Å². The van der Waals surface area contributed by atoms with Crippen molar-refractivity contribution < 1.29 is 9.59 Å². The van der Waals surface area contributed by atoms with Gasteiger partial charge in [0.1, 0.15) is 0 Å². The molecule has 0 aromatic heterocycles. The van der Waals surface area contributed by atoms with E-state index in [1.165, 1.54) is 6.92 Å². The van der Waals surface area contributed by atoms with E-state index in [0.717, 1.165) is 5.56 Å². The average Bonchev–Trinajstić information content (AvgIpc) is 2.46. The Bertz CT molecular complexity index is 610. The van der Waals surface area contributed by atoms with Crippen molar-refractivity contribution in [3.05, 3.63) is 77.4 Å². The summed E-state index contributed by atoms with van der Waals surface area (Å²) in [6.45, 7) is 1.41. The Morgan fingerprint density at radius 2 is 1.37 bits per heavy atom. The summed E-state index contributed by atoms with van der Waals surface area (Å²) in [7, 11) is 0. The zero-order chi connectivity index (χ0) is 13.7. The molecule has 94 valence electrons. The summed E-state index contributed by atoms with van der Waals surface area (Å²) in [5, 5.41) is 0. The molecule has 0 atom stereocenters. The van der Waals surface area contributed by atoms with Crippen molar-refractivity contribution >= 4 is 17.6 Å². The number of carbonyl (C=O) groups is 2. The van der Waals surface area contributed by atoms with Crippen molar-refractivity contribution in [1.82, 2.24) is 0 Å². The van der Waals surface area contributed by atoms with E-state index in [9.17, 15) is 9.59 Å². The minimum absolute atomic E-state index is 0.206. The quantitative estimate of drug-likeness (QED) is 0.360. The maximum Gasteiger partial charge on any atom is 0.196 e. The lowest BCUT2D eigenvalue weighted by molar-refractivity contribution is -0.113. The second-order valence-electron chi connectivity index (χ2n) is 4.22. The fourth-order valence-corrected chi connectivity index (χ4v) is 1.79. The highest BCUT2D eigenvalue weighted by atomic mass is 16.1. The largest absolute Gasteiger partial charge is 0.294 e. The first-order valence-electron chi connectivity index (χ1n) is 6.06. The Hall–Kier alpha value is -2.48. The molecule has 0 aliphatic carbocycles. The molecule has 2 heteroatoms. The van der Waals surface area contributed by atoms with Crippen LogP contribution in [-0.4, -0.2) is 11.6 Å². The first-order valence-corrected chi connectivity index (χ1v) is 6.06. The zero-order valence-electron chi connectivity index (χ0n) is 10.7. The molecular formula is C17H14O2. The Morgan fingerprint density at radius 1 is 0.842 bits per heavy atom. The molecule has 0 heterocycles. The number of ketones is 2. The third-order valence-electron chi connectivity index (χ3n) is 2.77. The van der Waals surface area contributed by atoms with E-state index in [0.29, 0.717) is 5.56 Å². The van der Waals surface area contributed by atoms with Crippen molar-refractivity contribution in [2.24, 2.45) is 0 Å². The van der Waals surface area contributed by atoms with Gasteiger partial charge in [0.2, 0.25) is 0 Å². The van der Waals surface area contributed by atoms with Crippen LogP contribution < -0.4 is 0 Å². The third kappa shape index (κ3) is 3.26. The van der Waals surface area contributed by atoms with Crippen LogP contribution in [0.4, 0.5) is 0 Å². The van der Waals surface area contributed by atoms with Gasteiger partial charge in [-0.05, 0) is 18.6 Å². The van der Waals surface area contributed by atoms with Crippen LogP contribution in [0.25, 0.3) is 6.08 Å². The molecule has 0 fully saturated rings. The molecule has 0 N–H and O–H groups in total. The number of hydrogen-bond donors (Lipinski definition) is 0. The van der Waals surface area contributed by atoms with Gasteiger partial charge in [-0.15, -0.1) is 0 Å². The molecule has 2 aromatic carbocycles. The van der Waals surface area contributed by atoms with Crippen molar-refractivity contribution in [2.75, 3.05) is 0 Å². The molecule has 2 aromatic rings. The molecule has 0 saturated carbocycles. The van der Waals surface area contributed by atoms with Crippen LogP contribution in [0.3, 0.4) is 0 Å². The number of benzene rings is 2. The van der Waals surface area contributed by atoms with Gasteiger partial charge in [-0.1, -0.05) is 60.7 Å². The molecule has 2 nitrogen and oxygen atoms in total. The lowest BCUT2D eigenvalue weighted by atomic mass is 9.98. The highest BCUT2D eigenvalue weighted by molar-refractivity contribution is 6.28. The summed E-state index contributed by atoms with van der Waals surface area (Å²) in [5.41, 5.74) is 1.58. The van der Waals surface area contributed by atoms with Crippen LogP contribution in [-0.2, 0) is 4.79 Å². The van der Waals surface area contributed by atoms with Crippen LogP contribution in [0.5, 0.6) is 0 Å². The lowest BCUT2D eigenvalue weighted by Crippen LogP contribution is -2.10. The molecule has 2 rings (SSSR count). The summed E-state index contributed by atoms with van der Waals surface area (Å²) in [6, 6.07) is 18.2. The van der Waals surface area contributed by atoms with Crippen molar-refractivity contribution in [3.63, 3.8) is 0 Å². The summed E-state index contributed by atoms with van der Waals surface area (Å²) >= 11 is 0. The molecular weight excluding hydrogens is 236 g/mol. The van der Waals surface area contributed by atoms with E-state index >= 15 is 0 Å². The minimum atomic E-state index is -0.239. The summed E-state index contributed by atoms with van der Waals surface area (Å²) in [4.78, 5) is 24.0. The van der Waals surface area contributed by atoms with E-state index in [4.69, 9.17) is 0 Å². The Morgan fingerprint density at radius 3 is 1.89 bits per heavy atom. The molecule has 19 heavy (non-hydrogen) atoms. The molecule has 0 amide bonds. The van der Waals surface area contributed by atoms with E-state index in [1.54, 1.807) is 30.3 Å². The molecule has 0 spiro atoms. The van der Waals surface area contributed by atoms with Crippen molar-refractivity contribution in [2.45, 2.75) is 6.92 Å². The van der Waals surface area contributed by atoms with E-state index in [1.807, 2.05) is 36.4 Å². The topological polar surface area (TPSA) is 34.1 Å².